The Kier molecular flexibility index (Phi) is 4.09. The van der Waals surface area contributed by atoms with Crippen molar-refractivity contribution in [3.63, 3.8) is 0 Å². The Morgan fingerprint density at radius 1 is 1.29 bits per heavy atom. The van der Waals surface area contributed by atoms with Gasteiger partial charge in [0.2, 0.25) is 0 Å². The largest absolute Gasteiger partial charge is 0.465 e. The van der Waals surface area contributed by atoms with Crippen molar-refractivity contribution in [2.45, 2.75) is 38.8 Å². The summed E-state index contributed by atoms with van der Waals surface area (Å²) in [6.07, 6.45) is 6.14. The predicted molar refractivity (Wildman–Crippen MR) is 108 cm³/mol. The third-order valence-electron chi connectivity index (χ3n) is 6.15. The van der Waals surface area contributed by atoms with E-state index in [1.807, 2.05) is 12.4 Å². The molecule has 0 unspecified atom stereocenters. The summed E-state index contributed by atoms with van der Waals surface area (Å²) in [5.41, 5.74) is 8.05. The first-order valence-electron chi connectivity index (χ1n) is 9.91. The summed E-state index contributed by atoms with van der Waals surface area (Å²) in [6, 6.07) is 6.99. The van der Waals surface area contributed by atoms with E-state index >= 15 is 0 Å². The van der Waals surface area contributed by atoms with Crippen LogP contribution in [0.4, 0.5) is 4.79 Å². The fourth-order valence-corrected chi connectivity index (χ4v) is 4.62. The number of hydrogen-bond acceptors (Lipinski definition) is 3. The molecule has 1 amide bonds. The van der Waals surface area contributed by atoms with Gasteiger partial charge in [-0.3, -0.25) is 0 Å². The standard InChI is InChI=1S/C22H24N4O2/c1-13-10-24-21-18(13)9-15(11-25-21)14-7-16-12-26(22(27)28)6-4-17(16)19(8-14)20-3-2-5-23-20/h7-11,20,23H,2-6,12H2,1H3,(H,24,25)(H,27,28)/t20-/m0/s1. The molecular formula is C22H24N4O2. The molecule has 0 spiro atoms. The van der Waals surface area contributed by atoms with Crippen LogP contribution in [-0.2, 0) is 13.0 Å². The molecule has 0 aliphatic carbocycles. The zero-order valence-corrected chi connectivity index (χ0v) is 16.0. The van der Waals surface area contributed by atoms with Crippen molar-refractivity contribution in [3.05, 3.63) is 52.8 Å². The van der Waals surface area contributed by atoms with Crippen LogP contribution in [-0.4, -0.2) is 39.2 Å². The van der Waals surface area contributed by atoms with Gasteiger partial charge in [-0.15, -0.1) is 0 Å². The van der Waals surface area contributed by atoms with E-state index in [0.717, 1.165) is 47.1 Å². The highest BCUT2D eigenvalue weighted by molar-refractivity contribution is 5.84. The van der Waals surface area contributed by atoms with Crippen molar-refractivity contribution in [2.75, 3.05) is 13.1 Å². The number of hydrogen-bond donors (Lipinski definition) is 3. The van der Waals surface area contributed by atoms with E-state index in [9.17, 15) is 9.90 Å². The maximum absolute atomic E-state index is 11.5. The van der Waals surface area contributed by atoms with Crippen molar-refractivity contribution < 1.29 is 9.90 Å². The second-order valence-electron chi connectivity index (χ2n) is 7.90. The van der Waals surface area contributed by atoms with Crippen LogP contribution in [0.25, 0.3) is 22.2 Å². The van der Waals surface area contributed by atoms with Crippen LogP contribution >= 0.6 is 0 Å². The second-order valence-corrected chi connectivity index (χ2v) is 7.90. The number of amides is 1. The Morgan fingerprint density at radius 3 is 2.96 bits per heavy atom. The Morgan fingerprint density at radius 2 is 2.18 bits per heavy atom. The topological polar surface area (TPSA) is 81.2 Å². The molecule has 144 valence electrons. The number of pyridine rings is 1. The number of rotatable bonds is 2. The number of carboxylic acid groups (broad SMARTS) is 1. The van der Waals surface area contributed by atoms with Gasteiger partial charge >= 0.3 is 6.09 Å². The summed E-state index contributed by atoms with van der Waals surface area (Å²) >= 11 is 0. The smallest absolute Gasteiger partial charge is 0.407 e. The third-order valence-corrected chi connectivity index (χ3v) is 6.15. The van der Waals surface area contributed by atoms with Crippen molar-refractivity contribution in [1.29, 1.82) is 0 Å². The van der Waals surface area contributed by atoms with E-state index in [0.29, 0.717) is 19.1 Å². The van der Waals surface area contributed by atoms with Crippen molar-refractivity contribution >= 4 is 17.1 Å². The number of aromatic nitrogens is 2. The van der Waals surface area contributed by atoms with Crippen LogP contribution in [0.15, 0.2) is 30.6 Å². The number of nitrogens with one attached hydrogen (secondary N) is 2. The summed E-state index contributed by atoms with van der Waals surface area (Å²) in [6.45, 7) is 4.14. The van der Waals surface area contributed by atoms with E-state index in [-0.39, 0.29) is 0 Å². The van der Waals surface area contributed by atoms with Gasteiger partial charge in [-0.05, 0) is 78.7 Å². The highest BCUT2D eigenvalue weighted by Gasteiger charge is 2.27. The minimum absolute atomic E-state index is 0.357. The van der Waals surface area contributed by atoms with Gasteiger partial charge in [0.25, 0.3) is 0 Å². The molecule has 2 aliphatic heterocycles. The van der Waals surface area contributed by atoms with Gasteiger partial charge in [0.05, 0.1) is 0 Å². The van der Waals surface area contributed by atoms with Crippen LogP contribution in [0.5, 0.6) is 0 Å². The molecular weight excluding hydrogens is 352 g/mol. The van der Waals surface area contributed by atoms with E-state index in [1.165, 1.54) is 28.0 Å². The SMILES string of the molecule is Cc1c[nH]c2ncc(-c3cc4c(c([C@@H]5CCCN5)c3)CCN(C(=O)O)C4)cc12. The van der Waals surface area contributed by atoms with Gasteiger partial charge in [-0.2, -0.15) is 0 Å². The maximum atomic E-state index is 11.5. The molecule has 1 atom stereocenters. The van der Waals surface area contributed by atoms with E-state index < -0.39 is 6.09 Å². The fraction of sp³-hybridized carbons (Fsp3) is 0.364. The molecule has 5 rings (SSSR count). The predicted octanol–water partition coefficient (Wildman–Crippen LogP) is 4.00. The molecule has 1 fully saturated rings. The molecule has 3 N–H and O–H groups in total. The van der Waals surface area contributed by atoms with E-state index in [2.05, 4.69) is 40.4 Å². The van der Waals surface area contributed by atoms with Crippen LogP contribution in [0.2, 0.25) is 0 Å². The first kappa shape index (κ1) is 17.3. The van der Waals surface area contributed by atoms with E-state index in [4.69, 9.17) is 0 Å². The first-order chi connectivity index (χ1) is 13.6. The minimum Gasteiger partial charge on any atom is -0.465 e. The molecule has 6 heteroatoms. The van der Waals surface area contributed by atoms with Gasteiger partial charge in [0.15, 0.2) is 0 Å². The summed E-state index contributed by atoms with van der Waals surface area (Å²) in [5.74, 6) is 0. The molecule has 2 aliphatic rings. The lowest BCUT2D eigenvalue weighted by atomic mass is 9.87. The second kappa shape index (κ2) is 6.63. The quantitative estimate of drug-likeness (QED) is 0.631. The molecule has 3 aromatic rings. The summed E-state index contributed by atoms with van der Waals surface area (Å²) in [4.78, 5) is 20.8. The highest BCUT2D eigenvalue weighted by atomic mass is 16.4. The molecule has 4 heterocycles. The van der Waals surface area contributed by atoms with Crippen LogP contribution in [0.1, 0.15) is 41.1 Å². The summed E-state index contributed by atoms with van der Waals surface area (Å²) < 4.78 is 0. The first-order valence-corrected chi connectivity index (χ1v) is 9.91. The number of aryl methyl sites for hydroxylation is 1. The molecule has 1 saturated heterocycles. The fourth-order valence-electron chi connectivity index (χ4n) is 4.62. The average Bonchev–Trinajstić information content (AvgIpc) is 3.37. The average molecular weight is 376 g/mol. The zero-order valence-electron chi connectivity index (χ0n) is 16.0. The molecule has 0 radical (unpaired) electrons. The minimum atomic E-state index is -0.845. The molecule has 0 saturated carbocycles. The summed E-state index contributed by atoms with van der Waals surface area (Å²) in [7, 11) is 0. The highest BCUT2D eigenvalue weighted by Crippen LogP contribution is 2.36. The Bertz CT molecular complexity index is 1070. The van der Waals surface area contributed by atoms with Crippen LogP contribution in [0.3, 0.4) is 0 Å². The molecule has 28 heavy (non-hydrogen) atoms. The van der Waals surface area contributed by atoms with Crippen LogP contribution in [0, 0.1) is 6.92 Å². The number of benzene rings is 1. The normalized spacial score (nSPS) is 19.2. The lowest BCUT2D eigenvalue weighted by Crippen LogP contribution is -2.35. The molecule has 1 aromatic carbocycles. The van der Waals surface area contributed by atoms with Gasteiger partial charge < -0.3 is 20.3 Å². The van der Waals surface area contributed by atoms with Gasteiger partial charge in [0, 0.05) is 42.5 Å². The van der Waals surface area contributed by atoms with Gasteiger partial charge in [0.1, 0.15) is 5.65 Å². The molecule has 6 nitrogen and oxygen atoms in total. The van der Waals surface area contributed by atoms with Crippen LogP contribution < -0.4 is 5.32 Å². The Labute approximate surface area is 163 Å². The summed E-state index contributed by atoms with van der Waals surface area (Å²) in [5, 5.41) is 14.2. The molecule has 2 aromatic heterocycles. The zero-order chi connectivity index (χ0) is 19.3. The third kappa shape index (κ3) is 2.85. The lowest BCUT2D eigenvalue weighted by molar-refractivity contribution is 0.140. The number of carbonyl (C=O) groups is 1. The van der Waals surface area contributed by atoms with Gasteiger partial charge in [-0.1, -0.05) is 0 Å². The van der Waals surface area contributed by atoms with E-state index in [1.54, 1.807) is 0 Å². The lowest BCUT2D eigenvalue weighted by Gasteiger charge is -2.30. The van der Waals surface area contributed by atoms with Gasteiger partial charge in [-0.25, -0.2) is 9.78 Å². The number of nitrogens with zero attached hydrogens (tertiary/aromatic N) is 2. The number of aromatic amines is 1. The van der Waals surface area contributed by atoms with Crippen molar-refractivity contribution in [3.8, 4) is 11.1 Å². The number of fused-ring (bicyclic) bond motifs is 2. The Balaban J connectivity index is 1.64. The molecule has 0 bridgehead atoms. The Hall–Kier alpha value is -2.86. The van der Waals surface area contributed by atoms with Crippen molar-refractivity contribution in [2.24, 2.45) is 0 Å². The number of H-pyrrole nitrogens is 1. The van der Waals surface area contributed by atoms with Crippen molar-refractivity contribution in [1.82, 2.24) is 20.2 Å². The maximum Gasteiger partial charge on any atom is 0.407 e. The monoisotopic (exact) mass is 376 g/mol.